The Bertz CT molecular complexity index is 1240. The normalized spacial score (nSPS) is 12.9. The second-order valence-electron chi connectivity index (χ2n) is 6.41. The van der Waals surface area contributed by atoms with Crippen LogP contribution in [0, 0.1) is 11.3 Å². The average Bonchev–Trinajstić information content (AvgIpc) is 2.70. The van der Waals surface area contributed by atoms with Crippen molar-refractivity contribution in [3.8, 4) is 11.9 Å². The van der Waals surface area contributed by atoms with Crippen LogP contribution in [0.1, 0.15) is 30.7 Å². The number of anilines is 1. The highest BCUT2D eigenvalue weighted by atomic mass is 32.2. The van der Waals surface area contributed by atoms with Crippen molar-refractivity contribution >= 4 is 26.9 Å². The zero-order chi connectivity index (χ0) is 22.6. The van der Waals surface area contributed by atoms with Gasteiger partial charge in [-0.1, -0.05) is 19.1 Å². The lowest BCUT2D eigenvalue weighted by atomic mass is 10.1. The predicted octanol–water partition coefficient (Wildman–Crippen LogP) is 3.73. The van der Waals surface area contributed by atoms with E-state index in [-0.39, 0.29) is 28.9 Å². The van der Waals surface area contributed by atoms with E-state index in [2.05, 4.69) is 19.7 Å². The maximum absolute atomic E-state index is 13.8. The second kappa shape index (κ2) is 8.73. The van der Waals surface area contributed by atoms with E-state index in [9.17, 15) is 21.6 Å². The molecular formula is C19H16F3N5O3S. The predicted molar refractivity (Wildman–Crippen MR) is 106 cm³/mol. The Morgan fingerprint density at radius 1 is 1.19 bits per heavy atom. The van der Waals surface area contributed by atoms with Crippen LogP contribution in [0.15, 0.2) is 42.6 Å². The molecule has 0 amide bonds. The summed E-state index contributed by atoms with van der Waals surface area (Å²) in [7, 11) is -3.89. The second-order valence-corrected chi connectivity index (χ2v) is 8.25. The van der Waals surface area contributed by atoms with E-state index < -0.39 is 39.6 Å². The Hall–Kier alpha value is -3.46. The highest BCUT2D eigenvalue weighted by Crippen LogP contribution is 2.38. The number of pyridine rings is 1. The molecule has 1 atom stereocenters. The first-order chi connectivity index (χ1) is 14.6. The number of rotatable bonds is 7. The molecule has 2 aromatic heterocycles. The molecule has 0 radical (unpaired) electrons. The van der Waals surface area contributed by atoms with E-state index in [4.69, 9.17) is 10.00 Å². The van der Waals surface area contributed by atoms with E-state index in [0.717, 1.165) is 18.3 Å². The lowest BCUT2D eigenvalue weighted by Gasteiger charge is -2.23. The molecule has 31 heavy (non-hydrogen) atoms. The molecule has 1 unspecified atom stereocenters. The molecule has 0 spiro atoms. The van der Waals surface area contributed by atoms with Crippen LogP contribution in [0.25, 0.3) is 11.0 Å². The molecule has 0 aliphatic heterocycles. The molecule has 3 rings (SSSR count). The number of aromatic nitrogens is 3. The number of hydrogen-bond donors (Lipinski definition) is 1. The summed E-state index contributed by atoms with van der Waals surface area (Å²) in [5, 5.41) is 8.94. The van der Waals surface area contributed by atoms with Crippen molar-refractivity contribution in [2.45, 2.75) is 25.6 Å². The molecule has 8 nitrogen and oxygen atoms in total. The Morgan fingerprint density at radius 2 is 1.87 bits per heavy atom. The standard InChI is InChI=1S/C19H16F3N5O3S/c1-2-9-31(28,29)27-17-18(26-15-6-4-3-5-14(15)25-17)30-16(19(20,21)22)12-7-8-24-13(10-12)11-23/h3-8,10,16H,2,9H2,1H3,(H,25,27). The van der Waals surface area contributed by atoms with Crippen LogP contribution in [-0.2, 0) is 10.0 Å². The summed E-state index contributed by atoms with van der Waals surface area (Å²) in [6.45, 7) is 1.64. The molecule has 0 saturated carbocycles. The summed E-state index contributed by atoms with van der Waals surface area (Å²) in [5.74, 6) is -1.37. The molecule has 3 aromatic rings. The van der Waals surface area contributed by atoms with Gasteiger partial charge in [-0.15, -0.1) is 0 Å². The van der Waals surface area contributed by atoms with Gasteiger partial charge < -0.3 is 4.74 Å². The van der Waals surface area contributed by atoms with E-state index in [0.29, 0.717) is 0 Å². The van der Waals surface area contributed by atoms with Crippen molar-refractivity contribution in [1.29, 1.82) is 5.26 Å². The zero-order valence-electron chi connectivity index (χ0n) is 16.1. The van der Waals surface area contributed by atoms with E-state index in [1.165, 1.54) is 12.1 Å². The van der Waals surface area contributed by atoms with Gasteiger partial charge in [0, 0.05) is 11.8 Å². The molecule has 1 aromatic carbocycles. The zero-order valence-corrected chi connectivity index (χ0v) is 16.9. The number of ether oxygens (including phenoxy) is 1. The first-order valence-corrected chi connectivity index (χ1v) is 10.6. The fourth-order valence-corrected chi connectivity index (χ4v) is 3.77. The molecule has 2 heterocycles. The highest BCUT2D eigenvalue weighted by Gasteiger charge is 2.44. The maximum atomic E-state index is 13.8. The van der Waals surface area contributed by atoms with Crippen molar-refractivity contribution in [2.75, 3.05) is 10.5 Å². The lowest BCUT2D eigenvalue weighted by Crippen LogP contribution is -2.27. The average molecular weight is 451 g/mol. The van der Waals surface area contributed by atoms with E-state index in [1.807, 2.05) is 0 Å². The smallest absolute Gasteiger partial charge is 0.429 e. The van der Waals surface area contributed by atoms with Crippen LogP contribution in [0.3, 0.4) is 0 Å². The van der Waals surface area contributed by atoms with Crippen molar-refractivity contribution in [3.05, 3.63) is 53.9 Å². The van der Waals surface area contributed by atoms with Crippen LogP contribution < -0.4 is 9.46 Å². The van der Waals surface area contributed by atoms with Gasteiger partial charge in [0.2, 0.25) is 21.9 Å². The topological polar surface area (TPSA) is 118 Å². The molecule has 1 N–H and O–H groups in total. The summed E-state index contributed by atoms with van der Waals surface area (Å²) in [6, 6.07) is 9.92. The molecule has 0 aliphatic rings. The number of para-hydroxylation sites is 2. The lowest BCUT2D eigenvalue weighted by molar-refractivity contribution is -0.198. The van der Waals surface area contributed by atoms with Crippen molar-refractivity contribution < 1.29 is 26.3 Å². The van der Waals surface area contributed by atoms with Crippen LogP contribution >= 0.6 is 0 Å². The number of nitrogens with one attached hydrogen (secondary N) is 1. The van der Waals surface area contributed by atoms with Gasteiger partial charge in [0.25, 0.3) is 5.88 Å². The summed E-state index contributed by atoms with van der Waals surface area (Å²) < 4.78 is 73.2. The van der Waals surface area contributed by atoms with Gasteiger partial charge in [-0.25, -0.2) is 23.4 Å². The number of fused-ring (bicyclic) bond motifs is 1. The molecule has 162 valence electrons. The summed E-state index contributed by atoms with van der Waals surface area (Å²) >= 11 is 0. The summed E-state index contributed by atoms with van der Waals surface area (Å²) in [4.78, 5) is 11.8. The minimum atomic E-state index is -4.90. The third kappa shape index (κ3) is 5.37. The van der Waals surface area contributed by atoms with Gasteiger partial charge in [-0.3, -0.25) is 4.72 Å². The van der Waals surface area contributed by atoms with Gasteiger partial charge in [-0.2, -0.15) is 18.4 Å². The third-order valence-electron chi connectivity index (χ3n) is 3.99. The van der Waals surface area contributed by atoms with Gasteiger partial charge in [-0.05, 0) is 30.7 Å². The third-order valence-corrected chi connectivity index (χ3v) is 5.44. The minimum absolute atomic E-state index is 0.212. The van der Waals surface area contributed by atoms with Crippen LogP contribution in [-0.4, -0.2) is 35.3 Å². The number of benzene rings is 1. The van der Waals surface area contributed by atoms with Crippen LogP contribution in [0.2, 0.25) is 0 Å². The minimum Gasteiger partial charge on any atom is -0.457 e. The van der Waals surface area contributed by atoms with Crippen molar-refractivity contribution in [3.63, 3.8) is 0 Å². The Morgan fingerprint density at radius 3 is 2.48 bits per heavy atom. The summed E-state index contributed by atoms with van der Waals surface area (Å²) in [6.07, 6.45) is -6.10. The van der Waals surface area contributed by atoms with Gasteiger partial charge in [0.1, 0.15) is 11.8 Å². The van der Waals surface area contributed by atoms with Gasteiger partial charge in [0.15, 0.2) is 0 Å². The number of nitriles is 1. The Labute approximate surface area is 175 Å². The Balaban J connectivity index is 2.11. The number of nitrogens with zero attached hydrogens (tertiary/aromatic N) is 4. The molecule has 0 bridgehead atoms. The van der Waals surface area contributed by atoms with Crippen LogP contribution in [0.5, 0.6) is 5.88 Å². The number of sulfonamides is 1. The number of halogens is 3. The molecule has 0 aliphatic carbocycles. The number of hydrogen-bond acceptors (Lipinski definition) is 7. The first-order valence-electron chi connectivity index (χ1n) is 8.99. The quantitative estimate of drug-likeness (QED) is 0.581. The van der Waals surface area contributed by atoms with Crippen molar-refractivity contribution in [1.82, 2.24) is 15.0 Å². The fraction of sp³-hybridized carbons (Fsp3) is 0.263. The summed E-state index contributed by atoms with van der Waals surface area (Å²) in [5.41, 5.74) is -0.146. The molecule has 0 fully saturated rings. The Kier molecular flexibility index (Phi) is 6.26. The van der Waals surface area contributed by atoms with E-state index >= 15 is 0 Å². The van der Waals surface area contributed by atoms with Crippen molar-refractivity contribution in [2.24, 2.45) is 0 Å². The number of alkyl halides is 3. The van der Waals surface area contributed by atoms with E-state index in [1.54, 1.807) is 25.1 Å². The first kappa shape index (κ1) is 22.2. The fourth-order valence-electron chi connectivity index (χ4n) is 2.71. The van der Waals surface area contributed by atoms with Gasteiger partial charge >= 0.3 is 6.18 Å². The molecule has 0 saturated heterocycles. The largest absolute Gasteiger partial charge is 0.457 e. The molecular weight excluding hydrogens is 435 g/mol. The van der Waals surface area contributed by atoms with Crippen LogP contribution in [0.4, 0.5) is 19.0 Å². The van der Waals surface area contributed by atoms with Gasteiger partial charge in [0.05, 0.1) is 16.8 Å². The molecule has 12 heteroatoms. The SMILES string of the molecule is CCCS(=O)(=O)Nc1nc2ccccc2nc1OC(c1ccnc(C#N)c1)C(F)(F)F. The maximum Gasteiger partial charge on any atom is 0.429 e. The highest BCUT2D eigenvalue weighted by molar-refractivity contribution is 7.92. The monoisotopic (exact) mass is 451 g/mol.